The van der Waals surface area contributed by atoms with Gasteiger partial charge in [-0.15, -0.1) is 0 Å². The van der Waals surface area contributed by atoms with Gasteiger partial charge in [0.1, 0.15) is 13.2 Å². The molecule has 0 aliphatic carbocycles. The molecule has 2 rings (SSSR count). The molecule has 0 fully saturated rings. The first-order valence-electron chi connectivity index (χ1n) is 4.83. The zero-order valence-electron chi connectivity index (χ0n) is 9.10. The molecular weight excluding hydrogens is 266 g/mol. The molecule has 0 bridgehead atoms. The fraction of sp³-hybridized carbons (Fsp3) is 0.250. The molecule has 1 heterocycles. The van der Waals surface area contributed by atoms with Crippen LogP contribution in [0.15, 0.2) is 6.07 Å². The third-order valence-corrected chi connectivity index (χ3v) is 2.32. The van der Waals surface area contributed by atoms with E-state index in [0.717, 1.165) is 6.07 Å². The molecule has 0 N–H and O–H groups in total. The first-order chi connectivity index (χ1) is 8.93. The summed E-state index contributed by atoms with van der Waals surface area (Å²) in [6.07, 6.45) is 0. The monoisotopic (exact) mass is 271 g/mol. The summed E-state index contributed by atoms with van der Waals surface area (Å²) in [5.74, 6) is -0.719. The molecule has 0 amide bonds. The van der Waals surface area contributed by atoms with Gasteiger partial charge < -0.3 is 9.47 Å². The van der Waals surface area contributed by atoms with Crippen molar-refractivity contribution in [3.8, 4) is 11.5 Å². The molecule has 0 aromatic heterocycles. The molecule has 11 nitrogen and oxygen atoms in total. The summed E-state index contributed by atoms with van der Waals surface area (Å²) < 4.78 is 9.93. The van der Waals surface area contributed by atoms with Crippen molar-refractivity contribution in [2.24, 2.45) is 0 Å². The Morgan fingerprint density at radius 3 is 2.00 bits per heavy atom. The van der Waals surface area contributed by atoms with E-state index in [1.54, 1.807) is 0 Å². The molecular formula is C8H5N3O8. The fourth-order valence-electron chi connectivity index (χ4n) is 1.63. The summed E-state index contributed by atoms with van der Waals surface area (Å²) in [5, 5.41) is 32.5. The van der Waals surface area contributed by atoms with Crippen LogP contribution in [0.3, 0.4) is 0 Å². The van der Waals surface area contributed by atoms with Crippen LogP contribution in [0.5, 0.6) is 11.5 Å². The molecule has 1 aliphatic heterocycles. The van der Waals surface area contributed by atoms with E-state index < -0.39 is 37.6 Å². The topological polar surface area (TPSA) is 148 Å². The van der Waals surface area contributed by atoms with E-state index in [9.17, 15) is 30.3 Å². The van der Waals surface area contributed by atoms with Gasteiger partial charge in [0.15, 0.2) is 5.75 Å². The van der Waals surface area contributed by atoms with E-state index in [2.05, 4.69) is 0 Å². The summed E-state index contributed by atoms with van der Waals surface area (Å²) in [5.41, 5.74) is -3.31. The number of ether oxygens (including phenoxy) is 2. The average molecular weight is 271 g/mol. The first kappa shape index (κ1) is 12.5. The maximum Gasteiger partial charge on any atom is 0.426 e. The second-order valence-corrected chi connectivity index (χ2v) is 3.39. The SMILES string of the molecule is O=[N+]([O-])c1cc2c(c([N+](=O)[O-])c1[N+](=O)[O-])OCCO2. The number of nitrogens with zero attached hydrogens (tertiary/aromatic N) is 3. The summed E-state index contributed by atoms with van der Waals surface area (Å²) >= 11 is 0. The third kappa shape index (κ3) is 1.96. The van der Waals surface area contributed by atoms with Crippen molar-refractivity contribution in [2.45, 2.75) is 0 Å². The van der Waals surface area contributed by atoms with Crippen molar-refractivity contribution >= 4 is 17.1 Å². The number of rotatable bonds is 3. The van der Waals surface area contributed by atoms with Gasteiger partial charge in [0, 0.05) is 0 Å². The van der Waals surface area contributed by atoms with Crippen molar-refractivity contribution < 1.29 is 24.2 Å². The van der Waals surface area contributed by atoms with Crippen LogP contribution in [0.4, 0.5) is 17.1 Å². The van der Waals surface area contributed by atoms with Crippen molar-refractivity contribution in [3.05, 3.63) is 36.4 Å². The minimum Gasteiger partial charge on any atom is -0.486 e. The lowest BCUT2D eigenvalue weighted by molar-refractivity contribution is -0.441. The second-order valence-electron chi connectivity index (χ2n) is 3.39. The van der Waals surface area contributed by atoms with E-state index in [4.69, 9.17) is 9.47 Å². The lowest BCUT2D eigenvalue weighted by Gasteiger charge is -2.17. The summed E-state index contributed by atoms with van der Waals surface area (Å²) in [4.78, 5) is 29.2. The lowest BCUT2D eigenvalue weighted by atomic mass is 10.2. The third-order valence-electron chi connectivity index (χ3n) is 2.32. The van der Waals surface area contributed by atoms with Crippen LogP contribution in [-0.2, 0) is 0 Å². The van der Waals surface area contributed by atoms with Gasteiger partial charge in [-0.2, -0.15) is 0 Å². The van der Waals surface area contributed by atoms with E-state index >= 15 is 0 Å². The number of hydrogen-bond donors (Lipinski definition) is 0. The Hall–Kier alpha value is -2.98. The highest BCUT2D eigenvalue weighted by Gasteiger charge is 2.43. The van der Waals surface area contributed by atoms with Gasteiger partial charge in [0.2, 0.25) is 5.75 Å². The minimum atomic E-state index is -1.22. The Morgan fingerprint density at radius 1 is 0.895 bits per heavy atom. The number of nitro groups is 3. The molecule has 100 valence electrons. The second kappa shape index (κ2) is 4.36. The quantitative estimate of drug-likeness (QED) is 0.587. The highest BCUT2D eigenvalue weighted by atomic mass is 16.7. The Bertz CT molecular complexity index is 598. The number of fused-ring (bicyclic) bond motifs is 1. The van der Waals surface area contributed by atoms with Crippen LogP contribution in [0.1, 0.15) is 0 Å². The molecule has 19 heavy (non-hydrogen) atoms. The van der Waals surface area contributed by atoms with Crippen molar-refractivity contribution in [3.63, 3.8) is 0 Å². The molecule has 1 aromatic carbocycles. The lowest BCUT2D eigenvalue weighted by Crippen LogP contribution is -2.17. The summed E-state index contributed by atoms with van der Waals surface area (Å²) in [7, 11) is 0. The van der Waals surface area contributed by atoms with Gasteiger partial charge >= 0.3 is 17.1 Å². The normalized spacial score (nSPS) is 12.8. The highest BCUT2D eigenvalue weighted by Crippen LogP contribution is 2.49. The smallest absolute Gasteiger partial charge is 0.426 e. The van der Waals surface area contributed by atoms with E-state index in [1.165, 1.54) is 0 Å². The molecule has 0 atom stereocenters. The minimum absolute atomic E-state index is 0.0389. The van der Waals surface area contributed by atoms with Crippen molar-refractivity contribution in [2.75, 3.05) is 13.2 Å². The maximum atomic E-state index is 10.9. The fourth-order valence-corrected chi connectivity index (χ4v) is 1.63. The van der Waals surface area contributed by atoms with Crippen LogP contribution < -0.4 is 9.47 Å². The molecule has 0 saturated carbocycles. The van der Waals surface area contributed by atoms with Crippen LogP contribution in [0.25, 0.3) is 0 Å². The molecule has 0 radical (unpaired) electrons. The van der Waals surface area contributed by atoms with E-state index in [-0.39, 0.29) is 19.0 Å². The highest BCUT2D eigenvalue weighted by molar-refractivity contribution is 5.76. The molecule has 0 saturated heterocycles. The van der Waals surface area contributed by atoms with Gasteiger partial charge in [-0.25, -0.2) is 0 Å². The zero-order chi connectivity index (χ0) is 14.2. The van der Waals surface area contributed by atoms with Crippen LogP contribution >= 0.6 is 0 Å². The average Bonchev–Trinajstić information content (AvgIpc) is 2.35. The largest absolute Gasteiger partial charge is 0.486 e. The number of benzene rings is 1. The van der Waals surface area contributed by atoms with Gasteiger partial charge in [-0.1, -0.05) is 0 Å². The zero-order valence-corrected chi connectivity index (χ0v) is 9.10. The molecule has 1 aromatic rings. The predicted octanol–water partition coefficient (Wildman–Crippen LogP) is 1.18. The Kier molecular flexibility index (Phi) is 2.86. The first-order valence-corrected chi connectivity index (χ1v) is 4.83. The van der Waals surface area contributed by atoms with Crippen LogP contribution in [-0.4, -0.2) is 28.0 Å². The Labute approximate surface area is 103 Å². The van der Waals surface area contributed by atoms with Crippen molar-refractivity contribution in [1.29, 1.82) is 0 Å². The Balaban J connectivity index is 2.85. The predicted molar refractivity (Wildman–Crippen MR) is 57.4 cm³/mol. The summed E-state index contributed by atoms with van der Waals surface area (Å²) in [6, 6.07) is 0.750. The van der Waals surface area contributed by atoms with E-state index in [0.29, 0.717) is 0 Å². The number of hydrogen-bond acceptors (Lipinski definition) is 8. The van der Waals surface area contributed by atoms with Crippen LogP contribution in [0.2, 0.25) is 0 Å². The van der Waals surface area contributed by atoms with Gasteiger partial charge in [0.05, 0.1) is 20.8 Å². The maximum absolute atomic E-state index is 10.9. The van der Waals surface area contributed by atoms with Gasteiger partial charge in [-0.05, 0) is 0 Å². The number of nitro benzene ring substituents is 3. The van der Waals surface area contributed by atoms with Crippen molar-refractivity contribution in [1.82, 2.24) is 0 Å². The Morgan fingerprint density at radius 2 is 1.47 bits per heavy atom. The van der Waals surface area contributed by atoms with Crippen LogP contribution in [0, 0.1) is 30.3 Å². The molecule has 0 spiro atoms. The van der Waals surface area contributed by atoms with Gasteiger partial charge in [0.25, 0.3) is 0 Å². The molecule has 1 aliphatic rings. The van der Waals surface area contributed by atoms with Gasteiger partial charge in [-0.3, -0.25) is 30.3 Å². The van der Waals surface area contributed by atoms with E-state index in [1.807, 2.05) is 0 Å². The standard InChI is InChI=1S/C8H5N3O8/c12-9(13)4-3-5-8(19-2-1-18-5)7(11(16)17)6(4)10(14)15/h3H,1-2H2. The molecule has 0 unspecified atom stereocenters. The molecule has 11 heteroatoms. The summed E-state index contributed by atoms with van der Waals surface area (Å²) in [6.45, 7) is 0.00191.